The van der Waals surface area contributed by atoms with E-state index in [0.29, 0.717) is 0 Å². The van der Waals surface area contributed by atoms with Crippen molar-refractivity contribution in [2.45, 2.75) is 6.42 Å². The molecule has 0 N–H and O–H groups in total. The summed E-state index contributed by atoms with van der Waals surface area (Å²) in [6, 6.07) is 15.2. The molecular formula is C17H20NOS+. The molecular weight excluding hydrogens is 266 g/mol. The van der Waals surface area contributed by atoms with Gasteiger partial charge < -0.3 is 4.74 Å². The Morgan fingerprint density at radius 2 is 1.85 bits per heavy atom. The SMILES string of the molecule is CSC(Cc1cccc2ccccc12)=[N+]1CCOCC1. The second-order valence-electron chi connectivity index (χ2n) is 5.01. The summed E-state index contributed by atoms with van der Waals surface area (Å²) in [4.78, 5) is 0. The van der Waals surface area contributed by atoms with Crippen molar-refractivity contribution in [2.24, 2.45) is 0 Å². The van der Waals surface area contributed by atoms with Gasteiger partial charge in [0, 0.05) is 0 Å². The molecule has 0 unspecified atom stereocenters. The molecule has 1 aliphatic heterocycles. The Morgan fingerprint density at radius 3 is 2.65 bits per heavy atom. The van der Waals surface area contributed by atoms with Crippen molar-refractivity contribution in [3.63, 3.8) is 0 Å². The van der Waals surface area contributed by atoms with Gasteiger partial charge >= 0.3 is 0 Å². The lowest BCUT2D eigenvalue weighted by Crippen LogP contribution is -2.33. The minimum Gasteiger partial charge on any atom is -0.368 e. The van der Waals surface area contributed by atoms with Gasteiger partial charge in [0.25, 0.3) is 0 Å². The van der Waals surface area contributed by atoms with E-state index in [9.17, 15) is 0 Å². The lowest BCUT2D eigenvalue weighted by Gasteiger charge is -2.14. The standard InChI is InChI=1S/C17H20NOS/c1-20-17(18-9-11-19-12-10-18)13-15-7-4-6-14-5-2-3-8-16(14)15/h2-8H,9-13H2,1H3/q+1. The number of benzene rings is 2. The number of hydrogen-bond donors (Lipinski definition) is 0. The third-order valence-electron chi connectivity index (χ3n) is 3.82. The summed E-state index contributed by atoms with van der Waals surface area (Å²) in [6.45, 7) is 3.72. The van der Waals surface area contributed by atoms with Gasteiger partial charge in [-0.25, -0.2) is 4.58 Å². The van der Waals surface area contributed by atoms with Gasteiger partial charge in [-0.05, 0) is 22.6 Å². The first kappa shape index (κ1) is 13.7. The average Bonchev–Trinajstić information content (AvgIpc) is 2.53. The Morgan fingerprint density at radius 1 is 1.10 bits per heavy atom. The number of ether oxygens (including phenoxy) is 1. The number of fused-ring (bicyclic) bond motifs is 1. The molecule has 0 saturated carbocycles. The van der Waals surface area contributed by atoms with Crippen LogP contribution in [-0.2, 0) is 11.2 Å². The predicted molar refractivity (Wildman–Crippen MR) is 87.0 cm³/mol. The molecule has 1 fully saturated rings. The summed E-state index contributed by atoms with van der Waals surface area (Å²) in [7, 11) is 0. The Hall–Kier alpha value is -1.32. The lowest BCUT2D eigenvalue weighted by molar-refractivity contribution is -0.547. The number of thioether (sulfide) groups is 1. The number of morpholine rings is 1. The smallest absolute Gasteiger partial charge is 0.214 e. The third kappa shape index (κ3) is 2.89. The van der Waals surface area contributed by atoms with E-state index in [-0.39, 0.29) is 0 Å². The molecule has 0 radical (unpaired) electrons. The first-order valence-corrected chi connectivity index (χ1v) is 8.30. The van der Waals surface area contributed by atoms with Crippen LogP contribution in [0.5, 0.6) is 0 Å². The maximum absolute atomic E-state index is 5.45. The zero-order valence-corrected chi connectivity index (χ0v) is 12.7. The van der Waals surface area contributed by atoms with Gasteiger partial charge in [0.1, 0.15) is 13.2 Å². The van der Waals surface area contributed by atoms with E-state index in [0.717, 1.165) is 32.7 Å². The molecule has 1 aliphatic rings. The van der Waals surface area contributed by atoms with Gasteiger partial charge in [-0.1, -0.05) is 54.2 Å². The molecule has 0 bridgehead atoms. The monoisotopic (exact) mass is 286 g/mol. The highest BCUT2D eigenvalue weighted by Gasteiger charge is 2.18. The molecule has 2 aromatic rings. The fraction of sp³-hybridized carbons (Fsp3) is 0.353. The van der Waals surface area contributed by atoms with Crippen molar-refractivity contribution in [1.29, 1.82) is 0 Å². The zero-order chi connectivity index (χ0) is 13.8. The fourth-order valence-corrected chi connectivity index (χ4v) is 3.48. The number of nitrogens with zero attached hydrogens (tertiary/aromatic N) is 1. The topological polar surface area (TPSA) is 12.2 Å². The second-order valence-corrected chi connectivity index (χ2v) is 5.89. The highest BCUT2D eigenvalue weighted by molar-refractivity contribution is 8.13. The van der Waals surface area contributed by atoms with Gasteiger partial charge in [0.2, 0.25) is 5.04 Å². The Kier molecular flexibility index (Phi) is 4.38. The molecule has 0 amide bonds. The van der Waals surface area contributed by atoms with Gasteiger partial charge in [0.15, 0.2) is 13.1 Å². The van der Waals surface area contributed by atoms with Crippen molar-refractivity contribution in [2.75, 3.05) is 32.6 Å². The van der Waals surface area contributed by atoms with E-state index in [1.54, 1.807) is 0 Å². The van der Waals surface area contributed by atoms with Crippen molar-refractivity contribution in [3.8, 4) is 0 Å². The highest BCUT2D eigenvalue weighted by atomic mass is 32.2. The van der Waals surface area contributed by atoms with Crippen LogP contribution in [0.1, 0.15) is 5.56 Å². The Bertz CT molecular complexity index is 622. The van der Waals surface area contributed by atoms with Crippen LogP contribution in [0, 0.1) is 0 Å². The molecule has 20 heavy (non-hydrogen) atoms. The molecule has 1 saturated heterocycles. The Balaban J connectivity index is 1.95. The average molecular weight is 286 g/mol. The summed E-state index contributed by atoms with van der Waals surface area (Å²) >= 11 is 1.87. The van der Waals surface area contributed by atoms with Crippen LogP contribution in [0.15, 0.2) is 42.5 Å². The van der Waals surface area contributed by atoms with Crippen LogP contribution in [0.2, 0.25) is 0 Å². The maximum atomic E-state index is 5.45. The molecule has 104 valence electrons. The van der Waals surface area contributed by atoms with E-state index in [1.807, 2.05) is 11.8 Å². The van der Waals surface area contributed by atoms with E-state index in [1.165, 1.54) is 21.4 Å². The summed E-state index contributed by atoms with van der Waals surface area (Å²) in [5.41, 5.74) is 1.42. The van der Waals surface area contributed by atoms with Gasteiger partial charge in [0.05, 0.1) is 6.42 Å². The summed E-state index contributed by atoms with van der Waals surface area (Å²) in [5.74, 6) is 0. The largest absolute Gasteiger partial charge is 0.368 e. The summed E-state index contributed by atoms with van der Waals surface area (Å²) in [6.07, 6.45) is 3.19. The quantitative estimate of drug-likeness (QED) is 0.621. The van der Waals surface area contributed by atoms with Crippen molar-refractivity contribution in [3.05, 3.63) is 48.0 Å². The molecule has 3 heteroatoms. The van der Waals surface area contributed by atoms with Crippen molar-refractivity contribution >= 4 is 27.6 Å². The van der Waals surface area contributed by atoms with E-state index in [2.05, 4.69) is 53.3 Å². The molecule has 2 nitrogen and oxygen atoms in total. The van der Waals surface area contributed by atoms with Gasteiger partial charge in [-0.3, -0.25) is 0 Å². The molecule has 3 rings (SSSR count). The van der Waals surface area contributed by atoms with E-state index >= 15 is 0 Å². The fourth-order valence-electron chi connectivity index (χ4n) is 2.74. The van der Waals surface area contributed by atoms with Crippen LogP contribution in [0.3, 0.4) is 0 Å². The molecule has 1 heterocycles. The van der Waals surface area contributed by atoms with Crippen LogP contribution in [0.25, 0.3) is 10.8 Å². The van der Waals surface area contributed by atoms with Gasteiger partial charge in [-0.15, -0.1) is 0 Å². The number of rotatable bonds is 2. The Labute approximate surface area is 124 Å². The molecule has 2 aromatic carbocycles. The van der Waals surface area contributed by atoms with Crippen molar-refractivity contribution in [1.82, 2.24) is 0 Å². The highest BCUT2D eigenvalue weighted by Crippen LogP contribution is 2.20. The zero-order valence-electron chi connectivity index (χ0n) is 11.8. The third-order valence-corrected chi connectivity index (χ3v) is 4.69. The first-order chi connectivity index (χ1) is 9.88. The first-order valence-electron chi connectivity index (χ1n) is 7.07. The lowest BCUT2D eigenvalue weighted by atomic mass is 10.0. The van der Waals surface area contributed by atoms with E-state index < -0.39 is 0 Å². The molecule has 0 atom stereocenters. The predicted octanol–water partition coefficient (Wildman–Crippen LogP) is 3.19. The second kappa shape index (κ2) is 6.42. The van der Waals surface area contributed by atoms with Crippen LogP contribution < -0.4 is 0 Å². The molecule has 0 spiro atoms. The normalized spacial score (nSPS) is 15.6. The van der Waals surface area contributed by atoms with Gasteiger partial charge in [-0.2, -0.15) is 0 Å². The van der Waals surface area contributed by atoms with E-state index in [4.69, 9.17) is 4.74 Å². The van der Waals surface area contributed by atoms with Crippen LogP contribution >= 0.6 is 11.8 Å². The van der Waals surface area contributed by atoms with Crippen LogP contribution in [-0.4, -0.2) is 42.2 Å². The minimum atomic E-state index is 0.847. The number of hydrogen-bond acceptors (Lipinski definition) is 2. The van der Waals surface area contributed by atoms with Crippen molar-refractivity contribution < 1.29 is 9.31 Å². The molecule has 0 aromatic heterocycles. The van der Waals surface area contributed by atoms with Crippen LogP contribution in [0.4, 0.5) is 0 Å². The summed E-state index contributed by atoms with van der Waals surface area (Å²) in [5, 5.41) is 4.15. The summed E-state index contributed by atoms with van der Waals surface area (Å²) < 4.78 is 7.92. The molecule has 0 aliphatic carbocycles. The minimum absolute atomic E-state index is 0.847. The maximum Gasteiger partial charge on any atom is 0.214 e.